The van der Waals surface area contributed by atoms with Crippen LogP contribution in [0.25, 0.3) is 0 Å². The molecular weight excluding hydrogens is 131 g/mol. The van der Waals surface area contributed by atoms with E-state index in [-0.39, 0.29) is 7.12 Å². The molecule has 9 heavy (non-hydrogen) atoms. The van der Waals surface area contributed by atoms with Gasteiger partial charge in [0.25, 0.3) is 0 Å². The largest absolute Gasteiger partial charge is 0.543 e. The molecule has 0 N–H and O–H groups in total. The molecule has 0 bridgehead atoms. The fourth-order valence-electron chi connectivity index (χ4n) is 0.809. The summed E-state index contributed by atoms with van der Waals surface area (Å²) in [5, 5.41) is 0. The van der Waals surface area contributed by atoms with E-state index in [1.54, 1.807) is 6.26 Å². The Morgan fingerprint density at radius 1 is 1.44 bits per heavy atom. The molecule has 1 heterocycles. The van der Waals surface area contributed by atoms with Crippen molar-refractivity contribution >= 4 is 15.4 Å². The van der Waals surface area contributed by atoms with E-state index >= 15 is 0 Å². The smallest absolute Gasteiger partial charge is 0.510 e. The van der Waals surface area contributed by atoms with Crippen molar-refractivity contribution in [3.05, 3.63) is 12.0 Å². The molecule has 0 amide bonds. The Bertz CT molecular complexity index is 135. The molecule has 1 aliphatic heterocycles. The minimum absolute atomic E-state index is 0.0448. The summed E-state index contributed by atoms with van der Waals surface area (Å²) in [4.78, 5) is 0. The second-order valence-electron chi connectivity index (χ2n) is 2.73. The highest BCUT2D eigenvalue weighted by Gasteiger charge is 2.28. The van der Waals surface area contributed by atoms with Gasteiger partial charge < -0.3 is 9.00 Å². The molecule has 1 rings (SSSR count). The van der Waals surface area contributed by atoms with E-state index in [0.29, 0.717) is 0 Å². The quantitative estimate of drug-likeness (QED) is 0.476. The van der Waals surface area contributed by atoms with Crippen molar-refractivity contribution in [2.75, 3.05) is 0 Å². The first-order valence-electron chi connectivity index (χ1n) is 3.11. The number of hydrogen-bond donors (Lipinski definition) is 0. The Balaban J connectivity index is 2.60. The SMILES string of the molecule is CB1OC=C[Si](C)(C)O1. The lowest BCUT2D eigenvalue weighted by atomic mass is 9.97. The molecule has 2 nitrogen and oxygen atoms in total. The first-order chi connectivity index (χ1) is 4.10. The normalized spacial score (nSPS) is 23.7. The standard InChI is InChI=1S/C5H11BO2Si/c1-6-7-4-5-9(2,3)8-6/h4-5H,1-3H3. The van der Waals surface area contributed by atoms with Crippen molar-refractivity contribution in [3.63, 3.8) is 0 Å². The summed E-state index contributed by atoms with van der Waals surface area (Å²) in [6.07, 6.45) is 1.75. The summed E-state index contributed by atoms with van der Waals surface area (Å²) < 4.78 is 10.5. The summed E-state index contributed by atoms with van der Waals surface area (Å²) in [6, 6.07) is 0. The predicted octanol–water partition coefficient (Wildman–Crippen LogP) is 1.41. The topological polar surface area (TPSA) is 18.5 Å². The summed E-state index contributed by atoms with van der Waals surface area (Å²) in [5.41, 5.74) is 2.03. The monoisotopic (exact) mass is 142 g/mol. The zero-order valence-electron chi connectivity index (χ0n) is 6.05. The van der Waals surface area contributed by atoms with Crippen LogP contribution in [-0.2, 0) is 9.00 Å². The van der Waals surface area contributed by atoms with Gasteiger partial charge in [0.1, 0.15) is 0 Å². The van der Waals surface area contributed by atoms with Crippen LogP contribution in [0.5, 0.6) is 0 Å². The molecule has 0 atom stereocenters. The maximum atomic E-state index is 5.50. The van der Waals surface area contributed by atoms with Gasteiger partial charge in [-0.2, -0.15) is 0 Å². The van der Waals surface area contributed by atoms with E-state index in [4.69, 9.17) is 9.00 Å². The van der Waals surface area contributed by atoms with Crippen LogP contribution < -0.4 is 0 Å². The average Bonchev–Trinajstić information content (AvgIpc) is 1.60. The number of rotatable bonds is 0. The molecule has 0 unspecified atom stereocenters. The van der Waals surface area contributed by atoms with Crippen molar-refractivity contribution in [1.82, 2.24) is 0 Å². The van der Waals surface area contributed by atoms with Gasteiger partial charge in [-0.3, -0.25) is 0 Å². The molecule has 0 radical (unpaired) electrons. The van der Waals surface area contributed by atoms with Crippen LogP contribution in [0.3, 0.4) is 0 Å². The highest BCUT2D eigenvalue weighted by atomic mass is 28.4. The lowest BCUT2D eigenvalue weighted by molar-refractivity contribution is 0.371. The second-order valence-corrected chi connectivity index (χ2v) is 6.50. The first kappa shape index (κ1) is 6.90. The molecule has 0 aliphatic carbocycles. The zero-order chi connectivity index (χ0) is 6.91. The Kier molecular flexibility index (Phi) is 1.68. The van der Waals surface area contributed by atoms with E-state index in [1.807, 2.05) is 12.5 Å². The van der Waals surface area contributed by atoms with Crippen LogP contribution in [0.2, 0.25) is 19.9 Å². The van der Waals surface area contributed by atoms with Gasteiger partial charge >= 0.3 is 7.12 Å². The van der Waals surface area contributed by atoms with Crippen LogP contribution in [0.1, 0.15) is 0 Å². The molecule has 0 saturated heterocycles. The Labute approximate surface area is 57.1 Å². The van der Waals surface area contributed by atoms with Gasteiger partial charge in [0.05, 0.1) is 6.26 Å². The van der Waals surface area contributed by atoms with Crippen LogP contribution in [0.15, 0.2) is 12.0 Å². The molecule has 0 fully saturated rings. The third kappa shape index (κ3) is 1.87. The van der Waals surface area contributed by atoms with E-state index in [1.165, 1.54) is 0 Å². The van der Waals surface area contributed by atoms with Gasteiger partial charge in [0.15, 0.2) is 8.32 Å². The van der Waals surface area contributed by atoms with Crippen LogP contribution in [-0.4, -0.2) is 15.4 Å². The molecule has 4 heteroatoms. The van der Waals surface area contributed by atoms with Gasteiger partial charge in [-0.15, -0.1) is 0 Å². The van der Waals surface area contributed by atoms with Gasteiger partial charge in [-0.05, 0) is 25.6 Å². The van der Waals surface area contributed by atoms with E-state index in [9.17, 15) is 0 Å². The molecule has 0 aromatic heterocycles. The maximum Gasteiger partial charge on any atom is 0.510 e. The van der Waals surface area contributed by atoms with Gasteiger partial charge in [-0.25, -0.2) is 0 Å². The Morgan fingerprint density at radius 2 is 2.11 bits per heavy atom. The van der Waals surface area contributed by atoms with Gasteiger partial charge in [0.2, 0.25) is 0 Å². The van der Waals surface area contributed by atoms with Gasteiger partial charge in [0, 0.05) is 0 Å². The van der Waals surface area contributed by atoms with Crippen molar-refractivity contribution in [1.29, 1.82) is 0 Å². The predicted molar refractivity (Wildman–Crippen MR) is 40.4 cm³/mol. The summed E-state index contributed by atoms with van der Waals surface area (Å²) >= 11 is 0. The van der Waals surface area contributed by atoms with Gasteiger partial charge in [-0.1, -0.05) is 0 Å². The van der Waals surface area contributed by atoms with Crippen molar-refractivity contribution < 1.29 is 9.00 Å². The van der Waals surface area contributed by atoms with E-state index < -0.39 is 8.32 Å². The highest BCUT2D eigenvalue weighted by Crippen LogP contribution is 2.13. The molecule has 0 spiro atoms. The Morgan fingerprint density at radius 3 is 2.44 bits per heavy atom. The summed E-state index contributed by atoms with van der Waals surface area (Å²) in [5.74, 6) is 0. The zero-order valence-corrected chi connectivity index (χ0v) is 7.05. The first-order valence-corrected chi connectivity index (χ1v) is 6.10. The highest BCUT2D eigenvalue weighted by molar-refractivity contribution is 6.81. The molecule has 0 saturated carbocycles. The molecule has 50 valence electrons. The minimum atomic E-state index is -1.46. The van der Waals surface area contributed by atoms with Crippen LogP contribution in [0.4, 0.5) is 0 Å². The third-order valence-electron chi connectivity index (χ3n) is 1.21. The fraction of sp³-hybridized carbons (Fsp3) is 0.600. The van der Waals surface area contributed by atoms with Crippen molar-refractivity contribution in [2.45, 2.75) is 19.9 Å². The molecular formula is C5H11BO2Si. The number of hydrogen-bond acceptors (Lipinski definition) is 2. The van der Waals surface area contributed by atoms with E-state index in [2.05, 4.69) is 13.1 Å². The molecule has 0 aromatic rings. The average molecular weight is 142 g/mol. The third-order valence-corrected chi connectivity index (χ3v) is 3.09. The Hall–Kier alpha value is -0.218. The lowest BCUT2D eigenvalue weighted by Gasteiger charge is -2.25. The minimum Gasteiger partial charge on any atom is -0.543 e. The second kappa shape index (κ2) is 2.19. The van der Waals surface area contributed by atoms with Crippen LogP contribution in [0, 0.1) is 0 Å². The van der Waals surface area contributed by atoms with Crippen molar-refractivity contribution in [3.8, 4) is 0 Å². The summed E-state index contributed by atoms with van der Waals surface area (Å²) in [7, 11) is -1.50. The lowest BCUT2D eigenvalue weighted by Crippen LogP contribution is -2.38. The summed E-state index contributed by atoms with van der Waals surface area (Å²) in [6.45, 7) is 6.20. The van der Waals surface area contributed by atoms with Crippen LogP contribution >= 0.6 is 0 Å². The maximum absolute atomic E-state index is 5.50. The van der Waals surface area contributed by atoms with Crippen molar-refractivity contribution in [2.24, 2.45) is 0 Å². The molecule has 0 aromatic carbocycles. The van der Waals surface area contributed by atoms with E-state index in [0.717, 1.165) is 0 Å². The molecule has 1 aliphatic rings. The fourth-order valence-corrected chi connectivity index (χ4v) is 2.20.